The molecular formula is C12H20N2O3. The van der Waals surface area contributed by atoms with E-state index in [1.165, 1.54) is 0 Å². The van der Waals surface area contributed by atoms with Gasteiger partial charge >= 0.3 is 12.0 Å². The lowest BCUT2D eigenvalue weighted by molar-refractivity contribution is -0.139. The van der Waals surface area contributed by atoms with E-state index in [1.54, 1.807) is 0 Å². The summed E-state index contributed by atoms with van der Waals surface area (Å²) in [6, 6.07) is -1.51. The van der Waals surface area contributed by atoms with Gasteiger partial charge in [0.2, 0.25) is 0 Å². The van der Waals surface area contributed by atoms with E-state index >= 15 is 0 Å². The number of carboxylic acid groups (broad SMARTS) is 1. The lowest BCUT2D eigenvalue weighted by Gasteiger charge is -2.22. The summed E-state index contributed by atoms with van der Waals surface area (Å²) in [5.74, 6) is 1.39. The fourth-order valence-corrected chi connectivity index (χ4v) is 1.43. The van der Waals surface area contributed by atoms with Gasteiger partial charge < -0.3 is 15.7 Å². The summed E-state index contributed by atoms with van der Waals surface area (Å²) in [4.78, 5) is 22.3. The maximum Gasteiger partial charge on any atom is 0.327 e. The van der Waals surface area contributed by atoms with Crippen LogP contribution in [0.1, 0.15) is 33.6 Å². The molecule has 2 amide bonds. The number of nitrogens with one attached hydrogen (secondary N) is 2. The number of urea groups is 1. The summed E-state index contributed by atoms with van der Waals surface area (Å²) in [6.45, 7) is 5.94. The zero-order valence-electron chi connectivity index (χ0n) is 10.5. The molecule has 96 valence electrons. The van der Waals surface area contributed by atoms with E-state index < -0.39 is 18.0 Å². The summed E-state index contributed by atoms with van der Waals surface area (Å²) in [6.07, 6.45) is 5.80. The van der Waals surface area contributed by atoms with Gasteiger partial charge in [-0.05, 0) is 12.3 Å². The van der Waals surface area contributed by atoms with Crippen molar-refractivity contribution in [3.63, 3.8) is 0 Å². The number of aliphatic carboxylic acids is 1. The molecule has 0 aliphatic heterocycles. The van der Waals surface area contributed by atoms with Crippen molar-refractivity contribution >= 4 is 12.0 Å². The normalized spacial score (nSPS) is 13.6. The molecule has 3 N–H and O–H groups in total. The van der Waals surface area contributed by atoms with Crippen molar-refractivity contribution in [3.8, 4) is 12.3 Å². The van der Waals surface area contributed by atoms with Crippen molar-refractivity contribution in [1.82, 2.24) is 10.6 Å². The summed E-state index contributed by atoms with van der Waals surface area (Å²) in [7, 11) is 0. The highest BCUT2D eigenvalue weighted by atomic mass is 16.4. The SMILES string of the molecule is C#CCC(NC(=O)NC(CC)C(C)C)C(=O)O. The van der Waals surface area contributed by atoms with Crippen LogP contribution in [0.25, 0.3) is 0 Å². The Labute approximate surface area is 102 Å². The van der Waals surface area contributed by atoms with Crippen LogP contribution in [0.5, 0.6) is 0 Å². The third kappa shape index (κ3) is 5.81. The van der Waals surface area contributed by atoms with E-state index in [9.17, 15) is 9.59 Å². The Balaban J connectivity index is 4.32. The number of hydrogen-bond donors (Lipinski definition) is 3. The van der Waals surface area contributed by atoms with Crippen LogP contribution < -0.4 is 10.6 Å². The summed E-state index contributed by atoms with van der Waals surface area (Å²) in [5, 5.41) is 13.9. The third-order valence-corrected chi connectivity index (χ3v) is 2.49. The smallest absolute Gasteiger partial charge is 0.327 e. The maximum absolute atomic E-state index is 11.6. The van der Waals surface area contributed by atoms with Crippen molar-refractivity contribution in [2.45, 2.75) is 45.7 Å². The van der Waals surface area contributed by atoms with Crippen LogP contribution in [0.15, 0.2) is 0 Å². The average molecular weight is 240 g/mol. The van der Waals surface area contributed by atoms with Gasteiger partial charge in [-0.1, -0.05) is 20.8 Å². The Morgan fingerprint density at radius 1 is 1.35 bits per heavy atom. The van der Waals surface area contributed by atoms with Crippen LogP contribution in [-0.2, 0) is 4.79 Å². The predicted octanol–water partition coefficient (Wildman–Crippen LogP) is 1.20. The van der Waals surface area contributed by atoms with Gasteiger partial charge in [-0.3, -0.25) is 0 Å². The first-order valence-corrected chi connectivity index (χ1v) is 5.65. The summed E-state index contributed by atoms with van der Waals surface area (Å²) < 4.78 is 0. The molecule has 17 heavy (non-hydrogen) atoms. The van der Waals surface area contributed by atoms with Crippen molar-refractivity contribution < 1.29 is 14.7 Å². The number of hydrogen-bond acceptors (Lipinski definition) is 2. The summed E-state index contributed by atoms with van der Waals surface area (Å²) >= 11 is 0. The maximum atomic E-state index is 11.6. The van der Waals surface area contributed by atoms with E-state index in [-0.39, 0.29) is 12.5 Å². The van der Waals surface area contributed by atoms with Crippen LogP contribution in [0.4, 0.5) is 4.79 Å². The molecule has 0 aliphatic carbocycles. The van der Waals surface area contributed by atoms with E-state index in [4.69, 9.17) is 11.5 Å². The largest absolute Gasteiger partial charge is 0.480 e. The van der Waals surface area contributed by atoms with Crippen molar-refractivity contribution in [3.05, 3.63) is 0 Å². The monoisotopic (exact) mass is 240 g/mol. The lowest BCUT2D eigenvalue weighted by Crippen LogP contribution is -2.50. The van der Waals surface area contributed by atoms with Gasteiger partial charge in [0.05, 0.1) is 0 Å². The van der Waals surface area contributed by atoms with Crippen LogP contribution in [0, 0.1) is 18.3 Å². The standard InChI is InChI=1S/C12H20N2O3/c1-5-7-10(11(15)16)14-12(17)13-9(6-2)8(3)4/h1,8-10H,6-7H2,2-4H3,(H,15,16)(H2,13,14,17). The second-order valence-electron chi connectivity index (χ2n) is 4.18. The molecule has 0 saturated carbocycles. The van der Waals surface area contributed by atoms with E-state index in [1.807, 2.05) is 20.8 Å². The van der Waals surface area contributed by atoms with Crippen molar-refractivity contribution in [1.29, 1.82) is 0 Å². The Bertz CT molecular complexity index is 307. The van der Waals surface area contributed by atoms with Gasteiger partial charge in [0.15, 0.2) is 0 Å². The van der Waals surface area contributed by atoms with Crippen LogP contribution in [0.2, 0.25) is 0 Å². The summed E-state index contributed by atoms with van der Waals surface area (Å²) in [5.41, 5.74) is 0. The van der Waals surface area contributed by atoms with Crippen LogP contribution in [0.3, 0.4) is 0 Å². The zero-order chi connectivity index (χ0) is 13.4. The van der Waals surface area contributed by atoms with Gasteiger partial charge in [-0.15, -0.1) is 12.3 Å². The van der Waals surface area contributed by atoms with Crippen LogP contribution in [-0.4, -0.2) is 29.2 Å². The van der Waals surface area contributed by atoms with E-state index in [0.717, 1.165) is 6.42 Å². The molecule has 5 nitrogen and oxygen atoms in total. The Kier molecular flexibility index (Phi) is 6.80. The molecular weight excluding hydrogens is 220 g/mol. The topological polar surface area (TPSA) is 78.4 Å². The molecule has 0 saturated heterocycles. The second-order valence-corrected chi connectivity index (χ2v) is 4.18. The third-order valence-electron chi connectivity index (χ3n) is 2.49. The molecule has 0 bridgehead atoms. The highest BCUT2D eigenvalue weighted by molar-refractivity contribution is 5.82. The number of carbonyl (C=O) groups is 2. The minimum absolute atomic E-state index is 0.0234. The number of carboxylic acids is 1. The number of carbonyl (C=O) groups excluding carboxylic acids is 1. The predicted molar refractivity (Wildman–Crippen MR) is 65.5 cm³/mol. The molecule has 0 fully saturated rings. The molecule has 0 aliphatic rings. The lowest BCUT2D eigenvalue weighted by atomic mass is 10.0. The van der Waals surface area contributed by atoms with Gasteiger partial charge in [-0.2, -0.15) is 0 Å². The molecule has 5 heteroatoms. The number of amides is 2. The first kappa shape index (κ1) is 15.3. The molecule has 2 unspecified atom stereocenters. The Morgan fingerprint density at radius 2 is 1.94 bits per heavy atom. The molecule has 0 aromatic heterocycles. The quantitative estimate of drug-likeness (QED) is 0.610. The molecule has 0 aromatic rings. The van der Waals surface area contributed by atoms with Gasteiger partial charge in [0, 0.05) is 12.5 Å². The Hall–Kier alpha value is -1.70. The minimum Gasteiger partial charge on any atom is -0.480 e. The number of rotatable bonds is 6. The van der Waals surface area contributed by atoms with Gasteiger partial charge in [0.1, 0.15) is 6.04 Å². The van der Waals surface area contributed by atoms with Crippen molar-refractivity contribution in [2.75, 3.05) is 0 Å². The molecule has 0 heterocycles. The minimum atomic E-state index is -1.13. The highest BCUT2D eigenvalue weighted by Gasteiger charge is 2.20. The fourth-order valence-electron chi connectivity index (χ4n) is 1.43. The van der Waals surface area contributed by atoms with E-state index in [0.29, 0.717) is 5.92 Å². The first-order chi connectivity index (χ1) is 7.92. The second kappa shape index (κ2) is 7.55. The molecule has 2 atom stereocenters. The molecule has 0 spiro atoms. The van der Waals surface area contributed by atoms with E-state index in [2.05, 4.69) is 16.6 Å². The zero-order valence-corrected chi connectivity index (χ0v) is 10.5. The average Bonchev–Trinajstić information content (AvgIpc) is 2.24. The molecule has 0 rings (SSSR count). The van der Waals surface area contributed by atoms with Gasteiger partial charge in [0.25, 0.3) is 0 Å². The first-order valence-electron chi connectivity index (χ1n) is 5.65. The van der Waals surface area contributed by atoms with Gasteiger partial charge in [-0.25, -0.2) is 9.59 Å². The number of terminal acetylenes is 1. The molecule has 0 aromatic carbocycles. The Morgan fingerprint density at radius 3 is 2.29 bits per heavy atom. The molecule has 0 radical (unpaired) electrons. The van der Waals surface area contributed by atoms with Crippen LogP contribution >= 0.6 is 0 Å². The fraction of sp³-hybridized carbons (Fsp3) is 0.667. The highest BCUT2D eigenvalue weighted by Crippen LogP contribution is 2.05. The van der Waals surface area contributed by atoms with Crippen molar-refractivity contribution in [2.24, 2.45) is 5.92 Å².